The van der Waals surface area contributed by atoms with Gasteiger partial charge in [-0.2, -0.15) is 0 Å². The van der Waals surface area contributed by atoms with Crippen LogP contribution in [0.2, 0.25) is 0 Å². The van der Waals surface area contributed by atoms with Gasteiger partial charge in [0.2, 0.25) is 0 Å². The Morgan fingerprint density at radius 3 is 2.38 bits per heavy atom. The molecule has 0 aliphatic carbocycles. The van der Waals surface area contributed by atoms with Gasteiger partial charge in [-0.25, -0.2) is 0 Å². The van der Waals surface area contributed by atoms with Gasteiger partial charge >= 0.3 is 0 Å². The number of ketones is 1. The summed E-state index contributed by atoms with van der Waals surface area (Å²) >= 11 is 0. The molecule has 1 unspecified atom stereocenters. The van der Waals surface area contributed by atoms with Gasteiger partial charge in [0.15, 0.2) is 0 Å². The molecule has 1 aliphatic rings. The molecule has 162 valence electrons. The summed E-state index contributed by atoms with van der Waals surface area (Å²) in [6, 6.07) is 21.6. The maximum absolute atomic E-state index is 13.1. The minimum absolute atomic E-state index is 0.00488. The second kappa shape index (κ2) is 8.98. The summed E-state index contributed by atoms with van der Waals surface area (Å²) in [7, 11) is 0. The van der Waals surface area contributed by atoms with Crippen LogP contribution in [0, 0.1) is 0 Å². The molecule has 3 aromatic rings. The Labute approximate surface area is 186 Å². The lowest BCUT2D eigenvalue weighted by molar-refractivity contribution is -0.140. The van der Waals surface area contributed by atoms with Crippen LogP contribution in [0.4, 0.5) is 0 Å². The van der Waals surface area contributed by atoms with E-state index in [4.69, 9.17) is 4.74 Å². The number of aliphatic hydroxyl groups excluding tert-OH is 1. The highest BCUT2D eigenvalue weighted by atomic mass is 16.5. The van der Waals surface area contributed by atoms with Crippen molar-refractivity contribution in [1.29, 1.82) is 0 Å². The summed E-state index contributed by atoms with van der Waals surface area (Å²) in [5.74, 6) is -1.08. The Morgan fingerprint density at radius 1 is 0.969 bits per heavy atom. The number of phenolic OH excluding ortho intramolecular Hbond substituents is 1. The van der Waals surface area contributed by atoms with Crippen LogP contribution in [0.1, 0.15) is 29.7 Å². The first-order valence-corrected chi connectivity index (χ1v) is 10.3. The largest absolute Gasteiger partial charge is 0.508 e. The van der Waals surface area contributed by atoms with E-state index in [1.54, 1.807) is 36.4 Å². The molecule has 1 aliphatic heterocycles. The van der Waals surface area contributed by atoms with E-state index in [0.29, 0.717) is 23.5 Å². The third-order valence-electron chi connectivity index (χ3n) is 5.36. The maximum atomic E-state index is 13.1. The molecule has 0 bridgehead atoms. The first kappa shape index (κ1) is 21.2. The number of ether oxygens (including phenoxy) is 1. The van der Waals surface area contributed by atoms with Crippen molar-refractivity contribution in [2.45, 2.75) is 19.5 Å². The van der Waals surface area contributed by atoms with Crippen LogP contribution in [0.3, 0.4) is 0 Å². The fourth-order valence-electron chi connectivity index (χ4n) is 3.88. The van der Waals surface area contributed by atoms with Gasteiger partial charge in [-0.05, 0) is 42.3 Å². The van der Waals surface area contributed by atoms with E-state index >= 15 is 0 Å². The minimum atomic E-state index is -0.799. The number of Topliss-reactive ketones (excluding diaryl/α,β-unsaturated/α-hetero) is 1. The summed E-state index contributed by atoms with van der Waals surface area (Å²) in [5, 5.41) is 20.9. The standard InChI is InChI=1S/C26H23NO5/c1-2-32-21-10-6-9-19(15-21)24(29)22-23(18-11-13-20(28)14-12-18)27(26(31)25(22)30)16-17-7-4-3-5-8-17/h3-15,23,28-29H,2,16H2,1H3. The van der Waals surface area contributed by atoms with E-state index in [0.717, 1.165) is 5.56 Å². The number of amides is 1. The lowest BCUT2D eigenvalue weighted by Crippen LogP contribution is -2.29. The highest BCUT2D eigenvalue weighted by molar-refractivity contribution is 6.46. The van der Waals surface area contributed by atoms with Crippen molar-refractivity contribution in [1.82, 2.24) is 4.90 Å². The van der Waals surface area contributed by atoms with Gasteiger partial charge < -0.3 is 19.8 Å². The second-order valence-electron chi connectivity index (χ2n) is 7.46. The highest BCUT2D eigenvalue weighted by Gasteiger charge is 2.46. The van der Waals surface area contributed by atoms with Crippen LogP contribution in [-0.4, -0.2) is 33.4 Å². The number of likely N-dealkylation sites (tertiary alicyclic amines) is 1. The van der Waals surface area contributed by atoms with Crippen molar-refractivity contribution >= 4 is 17.4 Å². The molecule has 1 atom stereocenters. The van der Waals surface area contributed by atoms with E-state index in [1.807, 2.05) is 37.3 Å². The molecular formula is C26H23NO5. The molecule has 0 spiro atoms. The number of phenols is 1. The zero-order valence-electron chi connectivity index (χ0n) is 17.6. The third kappa shape index (κ3) is 4.07. The Bertz CT molecular complexity index is 1170. The minimum Gasteiger partial charge on any atom is -0.508 e. The molecule has 2 N–H and O–H groups in total. The number of aliphatic hydroxyl groups is 1. The smallest absolute Gasteiger partial charge is 0.295 e. The predicted octanol–water partition coefficient (Wildman–Crippen LogP) is 4.41. The summed E-state index contributed by atoms with van der Waals surface area (Å²) in [6.45, 7) is 2.51. The lowest BCUT2D eigenvalue weighted by atomic mass is 9.95. The number of hydrogen-bond acceptors (Lipinski definition) is 5. The number of hydrogen-bond donors (Lipinski definition) is 2. The van der Waals surface area contributed by atoms with Crippen LogP contribution in [0.15, 0.2) is 84.4 Å². The van der Waals surface area contributed by atoms with Gasteiger partial charge in [-0.1, -0.05) is 54.6 Å². The molecule has 0 saturated carbocycles. The molecule has 0 aromatic heterocycles. The molecule has 1 heterocycles. The lowest BCUT2D eigenvalue weighted by Gasteiger charge is -2.25. The van der Waals surface area contributed by atoms with Crippen LogP contribution in [0.5, 0.6) is 11.5 Å². The summed E-state index contributed by atoms with van der Waals surface area (Å²) in [4.78, 5) is 27.6. The number of aromatic hydroxyl groups is 1. The monoisotopic (exact) mass is 429 g/mol. The molecule has 6 nitrogen and oxygen atoms in total. The zero-order chi connectivity index (χ0) is 22.7. The molecule has 6 heteroatoms. The van der Waals surface area contributed by atoms with Gasteiger partial charge in [0.25, 0.3) is 11.7 Å². The normalized spacial score (nSPS) is 17.5. The Balaban J connectivity index is 1.84. The van der Waals surface area contributed by atoms with Gasteiger partial charge in [0.1, 0.15) is 17.3 Å². The fraction of sp³-hybridized carbons (Fsp3) is 0.154. The van der Waals surface area contributed by atoms with Gasteiger partial charge in [-0.15, -0.1) is 0 Å². The van der Waals surface area contributed by atoms with Crippen molar-refractivity contribution in [3.63, 3.8) is 0 Å². The Morgan fingerprint density at radius 2 is 1.69 bits per heavy atom. The first-order chi connectivity index (χ1) is 15.5. The Kier molecular flexibility index (Phi) is 5.94. The second-order valence-corrected chi connectivity index (χ2v) is 7.46. The van der Waals surface area contributed by atoms with Crippen LogP contribution in [-0.2, 0) is 16.1 Å². The Hall–Kier alpha value is -4.06. The van der Waals surface area contributed by atoms with Gasteiger partial charge in [-0.3, -0.25) is 9.59 Å². The third-order valence-corrected chi connectivity index (χ3v) is 5.36. The molecule has 1 fully saturated rings. The van der Waals surface area contributed by atoms with Gasteiger partial charge in [0, 0.05) is 12.1 Å². The van der Waals surface area contributed by atoms with Crippen molar-refractivity contribution in [3.8, 4) is 11.5 Å². The average Bonchev–Trinajstić information content (AvgIpc) is 3.05. The zero-order valence-corrected chi connectivity index (χ0v) is 17.6. The fourth-order valence-corrected chi connectivity index (χ4v) is 3.88. The maximum Gasteiger partial charge on any atom is 0.295 e. The van der Waals surface area contributed by atoms with Crippen molar-refractivity contribution in [2.24, 2.45) is 0 Å². The highest BCUT2D eigenvalue weighted by Crippen LogP contribution is 2.40. The van der Waals surface area contributed by atoms with Crippen LogP contribution < -0.4 is 4.74 Å². The number of nitrogens with zero attached hydrogens (tertiary/aromatic N) is 1. The first-order valence-electron chi connectivity index (χ1n) is 10.3. The average molecular weight is 429 g/mol. The summed E-state index contributed by atoms with van der Waals surface area (Å²) < 4.78 is 5.51. The summed E-state index contributed by atoms with van der Waals surface area (Å²) in [6.07, 6.45) is 0. The van der Waals surface area contributed by atoms with Crippen LogP contribution in [0.25, 0.3) is 5.76 Å². The number of rotatable bonds is 6. The number of benzene rings is 3. The topological polar surface area (TPSA) is 87.1 Å². The molecule has 1 saturated heterocycles. The van der Waals surface area contributed by atoms with E-state index in [1.165, 1.54) is 17.0 Å². The molecular weight excluding hydrogens is 406 g/mol. The summed E-state index contributed by atoms with van der Waals surface area (Å²) in [5.41, 5.74) is 1.86. The van der Waals surface area contributed by atoms with E-state index < -0.39 is 17.7 Å². The van der Waals surface area contributed by atoms with Crippen molar-refractivity contribution in [2.75, 3.05) is 6.61 Å². The quantitative estimate of drug-likeness (QED) is 0.344. The van der Waals surface area contributed by atoms with Crippen molar-refractivity contribution < 1.29 is 24.5 Å². The van der Waals surface area contributed by atoms with Crippen LogP contribution >= 0.6 is 0 Å². The molecule has 3 aromatic carbocycles. The molecule has 1 amide bonds. The van der Waals surface area contributed by atoms with E-state index in [2.05, 4.69) is 0 Å². The van der Waals surface area contributed by atoms with Gasteiger partial charge in [0.05, 0.1) is 18.2 Å². The number of carbonyl (C=O) groups excluding carboxylic acids is 2. The SMILES string of the molecule is CCOc1cccc(C(O)=C2C(=O)C(=O)N(Cc3ccccc3)C2c2ccc(O)cc2)c1. The predicted molar refractivity (Wildman–Crippen MR) is 120 cm³/mol. The molecule has 32 heavy (non-hydrogen) atoms. The molecule has 0 radical (unpaired) electrons. The van der Waals surface area contributed by atoms with Crippen molar-refractivity contribution in [3.05, 3.63) is 101 Å². The van der Waals surface area contributed by atoms with E-state index in [-0.39, 0.29) is 23.6 Å². The molecule has 4 rings (SSSR count). The van der Waals surface area contributed by atoms with E-state index in [9.17, 15) is 19.8 Å². The number of carbonyl (C=O) groups is 2.